The van der Waals surface area contributed by atoms with Crippen LogP contribution in [0.3, 0.4) is 0 Å². The molecule has 1 atom stereocenters. The van der Waals surface area contributed by atoms with E-state index in [9.17, 15) is 0 Å². The van der Waals surface area contributed by atoms with Crippen molar-refractivity contribution in [2.24, 2.45) is 5.92 Å². The maximum absolute atomic E-state index is 4.22. The largest absolute Gasteiger partial charge is 0.286 e. The summed E-state index contributed by atoms with van der Waals surface area (Å²) >= 11 is 0. The van der Waals surface area contributed by atoms with Gasteiger partial charge in [-0.1, -0.05) is 91.6 Å². The molecule has 0 rings (SSSR count). The Bertz CT molecular complexity index is 290. The Hall–Kier alpha value is -0.380. The second-order valence-corrected chi connectivity index (χ2v) is 8.05. The molecule has 0 spiro atoms. The van der Waals surface area contributed by atoms with Gasteiger partial charge in [-0.15, -0.1) is 6.58 Å². The molecule has 3 N–H and O–H groups in total. The van der Waals surface area contributed by atoms with E-state index in [1.54, 1.807) is 0 Å². The molecule has 0 bridgehead atoms. The Balaban J connectivity index is 4.95. The first-order chi connectivity index (χ1) is 13.2. The van der Waals surface area contributed by atoms with Crippen LogP contribution in [0.2, 0.25) is 0 Å². The minimum absolute atomic E-state index is 0.204. The predicted molar refractivity (Wildman–Crippen MR) is 123 cm³/mol. The third kappa shape index (κ3) is 12.6. The molecule has 162 valence electrons. The van der Waals surface area contributed by atoms with Gasteiger partial charge in [-0.05, 0) is 45.3 Å². The van der Waals surface area contributed by atoms with E-state index in [0.29, 0.717) is 5.92 Å². The van der Waals surface area contributed by atoms with Crippen molar-refractivity contribution in [2.75, 3.05) is 19.6 Å². The van der Waals surface area contributed by atoms with Gasteiger partial charge in [0.05, 0.1) is 0 Å². The van der Waals surface area contributed by atoms with Crippen LogP contribution < -0.4 is 16.0 Å². The average Bonchev–Trinajstić information content (AvgIpc) is 2.67. The molecule has 0 fully saturated rings. The van der Waals surface area contributed by atoms with E-state index in [0.717, 1.165) is 19.6 Å². The zero-order valence-corrected chi connectivity index (χ0v) is 19.2. The highest BCUT2D eigenvalue weighted by molar-refractivity contribution is 4.98. The lowest BCUT2D eigenvalue weighted by atomic mass is 9.92. The lowest BCUT2D eigenvalue weighted by molar-refractivity contribution is 0.129. The van der Waals surface area contributed by atoms with E-state index in [1.807, 2.05) is 0 Å². The Morgan fingerprint density at radius 1 is 0.630 bits per heavy atom. The number of unbranched alkanes of at least 4 members (excludes halogenated alkanes) is 8. The zero-order valence-electron chi connectivity index (χ0n) is 19.2. The first kappa shape index (κ1) is 26.6. The molecule has 0 aliphatic heterocycles. The van der Waals surface area contributed by atoms with E-state index in [2.05, 4.69) is 56.3 Å². The highest BCUT2D eigenvalue weighted by Crippen LogP contribution is 2.22. The van der Waals surface area contributed by atoms with Gasteiger partial charge in [0.25, 0.3) is 0 Å². The second-order valence-electron chi connectivity index (χ2n) is 8.05. The van der Waals surface area contributed by atoms with Crippen LogP contribution in [0.1, 0.15) is 111 Å². The summed E-state index contributed by atoms with van der Waals surface area (Å²) in [6.07, 6.45) is 18.8. The van der Waals surface area contributed by atoms with Crippen LogP contribution in [0.25, 0.3) is 0 Å². The third-order valence-corrected chi connectivity index (χ3v) is 5.51. The van der Waals surface area contributed by atoms with E-state index in [4.69, 9.17) is 0 Å². The van der Waals surface area contributed by atoms with Crippen LogP contribution in [0.4, 0.5) is 0 Å². The minimum Gasteiger partial charge on any atom is -0.286 e. The lowest BCUT2D eigenvalue weighted by Gasteiger charge is -2.43. The molecule has 0 saturated carbocycles. The van der Waals surface area contributed by atoms with Crippen LogP contribution in [-0.4, -0.2) is 25.4 Å². The SMILES string of the molecule is C=CC(CCCCCCCC)C(NCCCC)(NCCCC)NCCCC. The van der Waals surface area contributed by atoms with Crippen LogP contribution in [0.15, 0.2) is 12.7 Å². The van der Waals surface area contributed by atoms with E-state index in [-0.39, 0.29) is 5.79 Å². The molecular formula is C24H51N3. The Kier molecular flexibility index (Phi) is 18.7. The summed E-state index contributed by atoms with van der Waals surface area (Å²) in [5.74, 6) is 0.208. The Morgan fingerprint density at radius 2 is 1.04 bits per heavy atom. The van der Waals surface area contributed by atoms with Gasteiger partial charge in [-0.2, -0.15) is 0 Å². The summed E-state index contributed by atoms with van der Waals surface area (Å²) in [7, 11) is 0. The monoisotopic (exact) mass is 381 g/mol. The molecule has 0 radical (unpaired) electrons. The van der Waals surface area contributed by atoms with Gasteiger partial charge in [0.1, 0.15) is 5.79 Å². The summed E-state index contributed by atoms with van der Waals surface area (Å²) in [6.45, 7) is 16.4. The summed E-state index contributed by atoms with van der Waals surface area (Å²) in [6, 6.07) is 0. The third-order valence-electron chi connectivity index (χ3n) is 5.51. The molecule has 0 saturated heterocycles. The van der Waals surface area contributed by atoms with Crippen molar-refractivity contribution in [1.82, 2.24) is 16.0 Å². The molecule has 0 aromatic heterocycles. The lowest BCUT2D eigenvalue weighted by Crippen LogP contribution is -2.70. The number of hydrogen-bond donors (Lipinski definition) is 3. The van der Waals surface area contributed by atoms with Crippen molar-refractivity contribution in [3.05, 3.63) is 12.7 Å². The van der Waals surface area contributed by atoms with Crippen LogP contribution in [-0.2, 0) is 0 Å². The van der Waals surface area contributed by atoms with Crippen molar-refractivity contribution >= 4 is 0 Å². The molecule has 0 aliphatic rings. The summed E-state index contributed by atoms with van der Waals surface area (Å²) in [4.78, 5) is 0. The highest BCUT2D eigenvalue weighted by Gasteiger charge is 2.35. The van der Waals surface area contributed by atoms with Gasteiger partial charge < -0.3 is 0 Å². The Morgan fingerprint density at radius 3 is 1.44 bits per heavy atom. The molecule has 0 aromatic carbocycles. The summed E-state index contributed by atoms with van der Waals surface area (Å²) < 4.78 is 0. The molecule has 0 aliphatic carbocycles. The molecule has 0 amide bonds. The fraction of sp³-hybridized carbons (Fsp3) is 0.917. The summed E-state index contributed by atoms with van der Waals surface area (Å²) in [5.41, 5.74) is 0. The van der Waals surface area contributed by atoms with Gasteiger partial charge in [0, 0.05) is 5.92 Å². The van der Waals surface area contributed by atoms with Crippen molar-refractivity contribution in [3.8, 4) is 0 Å². The second kappa shape index (κ2) is 19.0. The van der Waals surface area contributed by atoms with E-state index >= 15 is 0 Å². The predicted octanol–water partition coefficient (Wildman–Crippen LogP) is 6.36. The molecular weight excluding hydrogens is 330 g/mol. The quantitative estimate of drug-likeness (QED) is 0.123. The van der Waals surface area contributed by atoms with Gasteiger partial charge in [-0.25, -0.2) is 0 Å². The van der Waals surface area contributed by atoms with Crippen LogP contribution >= 0.6 is 0 Å². The first-order valence-corrected chi connectivity index (χ1v) is 12.1. The molecule has 1 unspecified atom stereocenters. The fourth-order valence-electron chi connectivity index (χ4n) is 3.62. The molecule has 0 heterocycles. The Labute approximate surface area is 171 Å². The van der Waals surface area contributed by atoms with Crippen molar-refractivity contribution in [1.29, 1.82) is 0 Å². The van der Waals surface area contributed by atoms with Gasteiger partial charge >= 0.3 is 0 Å². The van der Waals surface area contributed by atoms with Crippen molar-refractivity contribution in [3.63, 3.8) is 0 Å². The fourth-order valence-corrected chi connectivity index (χ4v) is 3.62. The minimum atomic E-state index is -0.204. The number of nitrogens with one attached hydrogen (secondary N) is 3. The zero-order chi connectivity index (χ0) is 20.2. The molecule has 0 aromatic rings. The number of rotatable bonds is 21. The van der Waals surface area contributed by atoms with E-state index < -0.39 is 0 Å². The average molecular weight is 382 g/mol. The van der Waals surface area contributed by atoms with Gasteiger partial charge in [0.2, 0.25) is 0 Å². The normalized spacial score (nSPS) is 13.0. The maximum atomic E-state index is 4.22. The van der Waals surface area contributed by atoms with Crippen LogP contribution in [0.5, 0.6) is 0 Å². The molecule has 3 nitrogen and oxygen atoms in total. The van der Waals surface area contributed by atoms with E-state index in [1.165, 1.54) is 83.5 Å². The standard InChI is InChI=1S/C24H51N3/c1-6-11-15-16-17-18-19-23(10-5)24(25-20-12-7-2,26-21-13-8-3)27-22-14-9-4/h10,23,25-27H,5-9,11-22H2,1-4H3. The first-order valence-electron chi connectivity index (χ1n) is 12.1. The maximum Gasteiger partial charge on any atom is 0.129 e. The highest BCUT2D eigenvalue weighted by atomic mass is 15.4. The number of hydrogen-bond acceptors (Lipinski definition) is 3. The molecule has 3 heteroatoms. The van der Waals surface area contributed by atoms with Crippen molar-refractivity contribution < 1.29 is 0 Å². The van der Waals surface area contributed by atoms with Crippen LogP contribution in [0, 0.1) is 5.92 Å². The van der Waals surface area contributed by atoms with Gasteiger partial charge in [0.15, 0.2) is 0 Å². The molecule has 27 heavy (non-hydrogen) atoms. The summed E-state index contributed by atoms with van der Waals surface area (Å²) in [5, 5.41) is 11.6. The topological polar surface area (TPSA) is 36.1 Å². The van der Waals surface area contributed by atoms with Gasteiger partial charge in [-0.3, -0.25) is 16.0 Å². The smallest absolute Gasteiger partial charge is 0.129 e. The van der Waals surface area contributed by atoms with Crippen molar-refractivity contribution in [2.45, 2.75) is 117 Å².